The van der Waals surface area contributed by atoms with E-state index in [1.165, 1.54) is 0 Å². The fraction of sp³-hybridized carbons (Fsp3) is 0.867. The van der Waals surface area contributed by atoms with Crippen molar-refractivity contribution in [3.8, 4) is 0 Å². The quantitative estimate of drug-likeness (QED) is 0.765. The van der Waals surface area contributed by atoms with E-state index in [2.05, 4.69) is 0 Å². The molecule has 2 rings (SSSR count). The molecule has 0 aliphatic carbocycles. The van der Waals surface area contributed by atoms with E-state index in [1.807, 2.05) is 13.8 Å². The third-order valence-electron chi connectivity index (χ3n) is 4.75. The molecule has 0 saturated carbocycles. The first-order chi connectivity index (χ1) is 9.97. The van der Waals surface area contributed by atoms with Crippen LogP contribution in [0, 0.1) is 0 Å². The number of piperazine rings is 1. The number of hydrogen-bond acceptors (Lipinski definition) is 3. The highest BCUT2D eigenvalue weighted by Crippen LogP contribution is 2.27. The van der Waals surface area contributed by atoms with Gasteiger partial charge in [0.15, 0.2) is 0 Å². The Morgan fingerprint density at radius 2 is 2.00 bits per heavy atom. The lowest BCUT2D eigenvalue weighted by Crippen LogP contribution is -2.65. The molecule has 2 amide bonds. The van der Waals surface area contributed by atoms with E-state index in [0.29, 0.717) is 19.4 Å². The highest BCUT2D eigenvalue weighted by atomic mass is 32.2. The van der Waals surface area contributed by atoms with Crippen LogP contribution in [-0.2, 0) is 20.4 Å². The summed E-state index contributed by atoms with van der Waals surface area (Å²) in [6.45, 7) is 5.14. The predicted octanol–water partition coefficient (Wildman–Crippen LogP) is 1.15. The number of nitrogens with zero attached hydrogens (tertiary/aromatic N) is 2. The summed E-state index contributed by atoms with van der Waals surface area (Å²) in [5.41, 5.74) is 0. The molecule has 0 bridgehead atoms. The minimum atomic E-state index is -0.889. The van der Waals surface area contributed by atoms with Crippen molar-refractivity contribution in [3.05, 3.63) is 0 Å². The van der Waals surface area contributed by atoms with Crippen LogP contribution in [0.4, 0.5) is 0 Å². The zero-order valence-electron chi connectivity index (χ0n) is 13.2. The van der Waals surface area contributed by atoms with Crippen LogP contribution in [0.15, 0.2) is 0 Å². The first kappa shape index (κ1) is 16.5. The van der Waals surface area contributed by atoms with Crippen molar-refractivity contribution in [3.63, 3.8) is 0 Å². The van der Waals surface area contributed by atoms with Gasteiger partial charge in [-0.05, 0) is 32.1 Å². The Morgan fingerprint density at radius 1 is 1.29 bits per heavy atom. The van der Waals surface area contributed by atoms with Gasteiger partial charge in [0.2, 0.25) is 11.8 Å². The zero-order chi connectivity index (χ0) is 15.6. The molecule has 120 valence electrons. The molecule has 2 fully saturated rings. The van der Waals surface area contributed by atoms with Gasteiger partial charge >= 0.3 is 0 Å². The van der Waals surface area contributed by atoms with Crippen LogP contribution in [0.1, 0.15) is 46.0 Å². The highest BCUT2D eigenvalue weighted by molar-refractivity contribution is 7.84. The standard InChI is InChI=1S/C15H26N2O3S/c1-4-12-14(18)16-9-6-5-7-13(16)15(19)17(12)10-8-11(2)21(3)20/h11-13H,4-10H2,1-3H3. The fourth-order valence-electron chi connectivity index (χ4n) is 3.27. The molecule has 6 heteroatoms. The molecule has 5 nitrogen and oxygen atoms in total. The van der Waals surface area contributed by atoms with Crippen molar-refractivity contribution in [1.82, 2.24) is 9.80 Å². The summed E-state index contributed by atoms with van der Waals surface area (Å²) in [5.74, 6) is 0.197. The number of piperidine rings is 1. The van der Waals surface area contributed by atoms with Crippen LogP contribution in [-0.4, -0.2) is 62.5 Å². The van der Waals surface area contributed by atoms with E-state index >= 15 is 0 Å². The van der Waals surface area contributed by atoms with Crippen LogP contribution in [0.25, 0.3) is 0 Å². The van der Waals surface area contributed by atoms with Gasteiger partial charge in [-0.3, -0.25) is 13.8 Å². The predicted molar refractivity (Wildman–Crippen MR) is 83.3 cm³/mol. The minimum absolute atomic E-state index is 0.0507. The minimum Gasteiger partial charge on any atom is -0.329 e. The van der Waals surface area contributed by atoms with E-state index < -0.39 is 10.8 Å². The van der Waals surface area contributed by atoms with Gasteiger partial charge in [-0.1, -0.05) is 13.8 Å². The largest absolute Gasteiger partial charge is 0.329 e. The maximum absolute atomic E-state index is 12.7. The van der Waals surface area contributed by atoms with Gasteiger partial charge in [-0.2, -0.15) is 0 Å². The van der Waals surface area contributed by atoms with Crippen molar-refractivity contribution >= 4 is 22.6 Å². The zero-order valence-corrected chi connectivity index (χ0v) is 14.0. The van der Waals surface area contributed by atoms with Gasteiger partial charge in [0, 0.05) is 35.4 Å². The normalized spacial score (nSPS) is 29.3. The summed E-state index contributed by atoms with van der Waals surface area (Å²) >= 11 is 0. The van der Waals surface area contributed by atoms with Gasteiger partial charge < -0.3 is 9.80 Å². The molecular weight excluding hydrogens is 288 g/mol. The Labute approximate surface area is 129 Å². The molecule has 0 radical (unpaired) electrons. The van der Waals surface area contributed by atoms with Gasteiger partial charge in [0.05, 0.1) is 0 Å². The lowest BCUT2D eigenvalue weighted by Gasteiger charge is -2.47. The molecule has 2 heterocycles. The summed E-state index contributed by atoms with van der Waals surface area (Å²) in [6, 6.07) is -0.583. The summed E-state index contributed by atoms with van der Waals surface area (Å²) in [4.78, 5) is 28.8. The van der Waals surface area contributed by atoms with E-state index in [9.17, 15) is 13.8 Å². The number of hydrogen-bond donors (Lipinski definition) is 0. The second kappa shape index (κ2) is 6.90. The van der Waals surface area contributed by atoms with Crippen LogP contribution in [0.5, 0.6) is 0 Å². The van der Waals surface area contributed by atoms with E-state index in [-0.39, 0.29) is 29.1 Å². The summed E-state index contributed by atoms with van der Waals surface area (Å²) in [7, 11) is -0.889. The van der Waals surface area contributed by atoms with Crippen LogP contribution >= 0.6 is 0 Å². The van der Waals surface area contributed by atoms with E-state index in [1.54, 1.807) is 16.1 Å². The number of carbonyl (C=O) groups is 2. The summed E-state index contributed by atoms with van der Waals surface area (Å²) in [6.07, 6.45) is 5.82. The molecule has 2 aliphatic rings. The maximum Gasteiger partial charge on any atom is 0.246 e. The van der Waals surface area contributed by atoms with Crippen LogP contribution < -0.4 is 0 Å². The lowest BCUT2D eigenvalue weighted by atomic mass is 9.94. The first-order valence-corrected chi connectivity index (χ1v) is 9.52. The smallest absolute Gasteiger partial charge is 0.246 e. The Morgan fingerprint density at radius 3 is 2.62 bits per heavy atom. The molecular formula is C15H26N2O3S. The second-order valence-corrected chi connectivity index (χ2v) is 7.90. The van der Waals surface area contributed by atoms with E-state index in [4.69, 9.17) is 0 Å². The fourth-order valence-corrected chi connectivity index (χ4v) is 3.71. The summed E-state index contributed by atoms with van der Waals surface area (Å²) < 4.78 is 11.5. The Kier molecular flexibility index (Phi) is 5.41. The third kappa shape index (κ3) is 3.30. The molecule has 0 N–H and O–H groups in total. The Balaban J connectivity index is 2.12. The number of fused-ring (bicyclic) bond motifs is 1. The van der Waals surface area contributed by atoms with E-state index in [0.717, 1.165) is 25.8 Å². The van der Waals surface area contributed by atoms with Crippen molar-refractivity contribution in [2.24, 2.45) is 0 Å². The molecule has 2 aliphatic heterocycles. The lowest BCUT2D eigenvalue weighted by molar-refractivity contribution is -0.163. The number of rotatable bonds is 5. The van der Waals surface area contributed by atoms with Crippen molar-refractivity contribution < 1.29 is 13.8 Å². The average Bonchev–Trinajstić information content (AvgIpc) is 2.48. The highest BCUT2D eigenvalue weighted by Gasteiger charge is 2.45. The van der Waals surface area contributed by atoms with Gasteiger partial charge in [0.25, 0.3) is 0 Å². The van der Waals surface area contributed by atoms with Crippen molar-refractivity contribution in [2.75, 3.05) is 19.3 Å². The molecule has 0 aromatic carbocycles. The van der Waals surface area contributed by atoms with Crippen LogP contribution in [0.2, 0.25) is 0 Å². The summed E-state index contributed by atoms with van der Waals surface area (Å²) in [5, 5.41) is 0.0507. The van der Waals surface area contributed by atoms with Crippen molar-refractivity contribution in [1.29, 1.82) is 0 Å². The molecule has 0 spiro atoms. The second-order valence-electron chi connectivity index (χ2n) is 6.10. The maximum atomic E-state index is 12.7. The number of amides is 2. The average molecular weight is 314 g/mol. The topological polar surface area (TPSA) is 57.7 Å². The molecule has 21 heavy (non-hydrogen) atoms. The molecule has 2 saturated heterocycles. The SMILES string of the molecule is CCC1C(=O)N2CCCCC2C(=O)N1CCC(C)S(C)=O. The van der Waals surface area contributed by atoms with Gasteiger partial charge in [-0.15, -0.1) is 0 Å². The molecule has 4 atom stereocenters. The van der Waals surface area contributed by atoms with Crippen molar-refractivity contribution in [2.45, 2.75) is 63.3 Å². The first-order valence-electron chi connectivity index (χ1n) is 7.90. The molecule has 0 aromatic heterocycles. The monoisotopic (exact) mass is 314 g/mol. The van der Waals surface area contributed by atoms with Gasteiger partial charge in [-0.25, -0.2) is 0 Å². The molecule has 0 aromatic rings. The number of carbonyl (C=O) groups excluding carboxylic acids is 2. The van der Waals surface area contributed by atoms with Crippen LogP contribution in [0.3, 0.4) is 0 Å². The van der Waals surface area contributed by atoms with Gasteiger partial charge in [0.1, 0.15) is 12.1 Å². The Hall–Kier alpha value is -0.910. The molecule has 4 unspecified atom stereocenters. The third-order valence-corrected chi connectivity index (χ3v) is 6.11. The Bertz CT molecular complexity index is 441.